The molecule has 1 unspecified atom stereocenters. The zero-order valence-corrected chi connectivity index (χ0v) is 25.2. The summed E-state index contributed by atoms with van der Waals surface area (Å²) in [6.45, 7) is 15.1. The maximum absolute atomic E-state index is 6.57. The van der Waals surface area contributed by atoms with E-state index in [1.165, 1.54) is 39.9 Å². The van der Waals surface area contributed by atoms with Crippen LogP contribution in [0.1, 0.15) is 62.9 Å². The van der Waals surface area contributed by atoms with Crippen molar-refractivity contribution >= 4 is 24.9 Å². The van der Waals surface area contributed by atoms with Gasteiger partial charge in [-0.2, -0.15) is 0 Å². The van der Waals surface area contributed by atoms with Gasteiger partial charge in [-0.05, 0) is 84.8 Å². The molecule has 0 saturated heterocycles. The van der Waals surface area contributed by atoms with E-state index in [1.807, 2.05) is 12.1 Å². The van der Waals surface area contributed by atoms with E-state index in [0.717, 1.165) is 29.9 Å². The fraction of sp³-hybridized carbons (Fsp3) is 0.516. The summed E-state index contributed by atoms with van der Waals surface area (Å²) in [6, 6.07) is 13.0. The lowest BCUT2D eigenvalue weighted by molar-refractivity contribution is 0.269. The molecule has 0 amide bonds. The third-order valence-corrected chi connectivity index (χ3v) is 12.9. The highest BCUT2D eigenvalue weighted by molar-refractivity contribution is 6.74. The standard InChI is InChI=1S/C31H44N2O3Si/c1-21-10-11-22-17-29-24(15-25(33(29)5)20-36-37(8,9)31(2,3)4)16-27(22)28(14-21)32-19-23-12-13-26(34-6)18-30(23)35-7/h12-13,15-18,21H,10-11,14,19-20H2,1-9H3/b32-28+. The number of methoxy groups -OCH3 is 2. The fourth-order valence-electron chi connectivity index (χ4n) is 4.83. The van der Waals surface area contributed by atoms with Gasteiger partial charge in [-0.1, -0.05) is 27.7 Å². The highest BCUT2D eigenvalue weighted by Crippen LogP contribution is 2.38. The SMILES string of the molecule is COc1ccc(C/N=C2\CC(C)CCc3cc4c(cc32)cc(CO[Si](C)(C)C(C)(C)C)n4C)c(OC)c1. The largest absolute Gasteiger partial charge is 0.497 e. The van der Waals surface area contributed by atoms with Gasteiger partial charge in [0.1, 0.15) is 11.5 Å². The molecular formula is C31H44N2O3Si. The molecule has 1 atom stereocenters. The molecule has 0 saturated carbocycles. The van der Waals surface area contributed by atoms with Gasteiger partial charge in [-0.3, -0.25) is 4.99 Å². The maximum atomic E-state index is 6.57. The second kappa shape index (κ2) is 10.7. The van der Waals surface area contributed by atoms with Crippen LogP contribution < -0.4 is 9.47 Å². The number of nitrogens with zero attached hydrogens (tertiary/aromatic N) is 2. The van der Waals surface area contributed by atoms with E-state index in [9.17, 15) is 0 Å². The minimum atomic E-state index is -1.82. The zero-order valence-electron chi connectivity index (χ0n) is 24.2. The van der Waals surface area contributed by atoms with Crippen LogP contribution >= 0.6 is 0 Å². The van der Waals surface area contributed by atoms with Crippen LogP contribution in [0.5, 0.6) is 11.5 Å². The molecule has 200 valence electrons. The molecule has 3 aromatic rings. The van der Waals surface area contributed by atoms with Crippen molar-refractivity contribution < 1.29 is 13.9 Å². The summed E-state index contributed by atoms with van der Waals surface area (Å²) >= 11 is 0. The van der Waals surface area contributed by atoms with Gasteiger partial charge in [0, 0.05) is 41.0 Å². The third-order valence-electron chi connectivity index (χ3n) is 8.45. The number of hydrogen-bond acceptors (Lipinski definition) is 4. The van der Waals surface area contributed by atoms with Crippen LogP contribution in [-0.4, -0.2) is 32.8 Å². The van der Waals surface area contributed by atoms with Crippen molar-refractivity contribution in [2.24, 2.45) is 18.0 Å². The molecule has 0 N–H and O–H groups in total. The molecular weight excluding hydrogens is 476 g/mol. The first kappa shape index (κ1) is 27.5. The number of fused-ring (bicyclic) bond motifs is 2. The Balaban J connectivity index is 1.68. The van der Waals surface area contributed by atoms with E-state index in [1.54, 1.807) is 14.2 Å². The Morgan fingerprint density at radius 1 is 1.05 bits per heavy atom. The Kier molecular flexibility index (Phi) is 7.91. The summed E-state index contributed by atoms with van der Waals surface area (Å²) < 4.78 is 19.9. The summed E-state index contributed by atoms with van der Waals surface area (Å²) in [5.74, 6) is 2.21. The Labute approximate surface area is 224 Å². The Bertz CT molecular complexity index is 1300. The van der Waals surface area contributed by atoms with Gasteiger partial charge in [-0.25, -0.2) is 0 Å². The van der Waals surface area contributed by atoms with Crippen molar-refractivity contribution in [2.45, 2.75) is 78.2 Å². The lowest BCUT2D eigenvalue weighted by Crippen LogP contribution is -2.40. The molecule has 1 heterocycles. The first-order valence-electron chi connectivity index (χ1n) is 13.4. The molecule has 0 radical (unpaired) electrons. The Morgan fingerprint density at radius 2 is 1.81 bits per heavy atom. The summed E-state index contributed by atoms with van der Waals surface area (Å²) in [5.41, 5.74) is 7.47. The van der Waals surface area contributed by atoms with Crippen molar-refractivity contribution in [2.75, 3.05) is 14.2 Å². The first-order chi connectivity index (χ1) is 17.4. The molecule has 1 aromatic heterocycles. The second-order valence-electron chi connectivity index (χ2n) is 12.1. The smallest absolute Gasteiger partial charge is 0.192 e. The van der Waals surface area contributed by atoms with E-state index >= 15 is 0 Å². The number of rotatable bonds is 7. The van der Waals surface area contributed by atoms with Gasteiger partial charge >= 0.3 is 0 Å². The van der Waals surface area contributed by atoms with Gasteiger partial charge in [0.05, 0.1) is 27.4 Å². The molecule has 0 spiro atoms. The maximum Gasteiger partial charge on any atom is 0.192 e. The predicted octanol–water partition coefficient (Wildman–Crippen LogP) is 7.68. The monoisotopic (exact) mass is 520 g/mol. The van der Waals surface area contributed by atoms with Crippen LogP contribution in [0.4, 0.5) is 0 Å². The Morgan fingerprint density at radius 3 is 2.49 bits per heavy atom. The summed E-state index contributed by atoms with van der Waals surface area (Å²) in [5, 5.41) is 1.46. The number of hydrogen-bond donors (Lipinski definition) is 0. The molecule has 2 aromatic carbocycles. The Hall–Kier alpha value is -2.57. The second-order valence-corrected chi connectivity index (χ2v) is 16.9. The van der Waals surface area contributed by atoms with Gasteiger partial charge < -0.3 is 18.5 Å². The van der Waals surface area contributed by atoms with Gasteiger partial charge in [0.15, 0.2) is 8.32 Å². The minimum absolute atomic E-state index is 0.198. The van der Waals surface area contributed by atoms with Crippen molar-refractivity contribution in [3.05, 3.63) is 58.8 Å². The first-order valence-corrected chi connectivity index (χ1v) is 16.3. The quantitative estimate of drug-likeness (QED) is 0.237. The van der Waals surface area contributed by atoms with E-state index in [-0.39, 0.29) is 5.04 Å². The summed E-state index contributed by atoms with van der Waals surface area (Å²) in [4.78, 5) is 5.17. The molecule has 5 nitrogen and oxygen atoms in total. The lowest BCUT2D eigenvalue weighted by Gasteiger charge is -2.36. The lowest BCUT2D eigenvalue weighted by atomic mass is 9.98. The van der Waals surface area contributed by atoms with Crippen LogP contribution in [0, 0.1) is 5.92 Å². The summed E-state index contributed by atoms with van der Waals surface area (Å²) in [6.07, 6.45) is 3.25. The molecule has 37 heavy (non-hydrogen) atoms. The highest BCUT2D eigenvalue weighted by atomic mass is 28.4. The molecule has 1 aliphatic rings. The van der Waals surface area contributed by atoms with Crippen molar-refractivity contribution in [3.8, 4) is 11.5 Å². The van der Waals surface area contributed by atoms with Gasteiger partial charge in [-0.15, -0.1) is 0 Å². The third kappa shape index (κ3) is 5.80. The van der Waals surface area contributed by atoms with Crippen LogP contribution in [-0.2, 0) is 31.0 Å². The van der Waals surface area contributed by atoms with Crippen LogP contribution in [0.2, 0.25) is 18.1 Å². The minimum Gasteiger partial charge on any atom is -0.497 e. The number of benzene rings is 2. The number of aryl methyl sites for hydroxylation is 2. The topological polar surface area (TPSA) is 45.0 Å². The normalized spacial score (nSPS) is 17.6. The van der Waals surface area contributed by atoms with E-state index in [2.05, 4.69) is 76.7 Å². The molecule has 4 rings (SSSR count). The average molecular weight is 521 g/mol. The predicted molar refractivity (Wildman–Crippen MR) is 157 cm³/mol. The van der Waals surface area contributed by atoms with Crippen LogP contribution in [0.3, 0.4) is 0 Å². The number of aromatic nitrogens is 1. The van der Waals surface area contributed by atoms with E-state index in [0.29, 0.717) is 19.1 Å². The van der Waals surface area contributed by atoms with Crippen LogP contribution in [0.15, 0.2) is 41.4 Å². The molecule has 1 aliphatic carbocycles. The van der Waals surface area contributed by atoms with E-state index < -0.39 is 8.32 Å². The zero-order chi connectivity index (χ0) is 27.0. The average Bonchev–Trinajstić information content (AvgIpc) is 3.07. The fourth-order valence-corrected chi connectivity index (χ4v) is 5.77. The van der Waals surface area contributed by atoms with Crippen LogP contribution in [0.25, 0.3) is 10.9 Å². The highest BCUT2D eigenvalue weighted by Gasteiger charge is 2.37. The number of aliphatic imine (C=N–C) groups is 1. The van der Waals surface area contributed by atoms with Gasteiger partial charge in [0.2, 0.25) is 0 Å². The molecule has 0 bridgehead atoms. The number of ether oxygens (including phenoxy) is 2. The molecule has 0 fully saturated rings. The van der Waals surface area contributed by atoms with Crippen molar-refractivity contribution in [1.82, 2.24) is 4.57 Å². The van der Waals surface area contributed by atoms with Crippen molar-refractivity contribution in [3.63, 3.8) is 0 Å². The van der Waals surface area contributed by atoms with Crippen molar-refractivity contribution in [1.29, 1.82) is 0 Å². The summed E-state index contributed by atoms with van der Waals surface area (Å²) in [7, 11) is 3.73. The van der Waals surface area contributed by atoms with E-state index in [4.69, 9.17) is 18.9 Å². The van der Waals surface area contributed by atoms with Gasteiger partial charge in [0.25, 0.3) is 0 Å². The molecule has 6 heteroatoms. The molecule has 0 aliphatic heterocycles.